The molecule has 0 unspecified atom stereocenters. The molecule has 0 aromatic heterocycles. The van der Waals surface area contributed by atoms with Crippen LogP contribution < -0.4 is 0 Å². The van der Waals surface area contributed by atoms with Crippen LogP contribution in [0.1, 0.15) is 71.7 Å². The van der Waals surface area contributed by atoms with Gasteiger partial charge in [-0.3, -0.25) is 9.59 Å². The molecule has 9 atom stereocenters. The van der Waals surface area contributed by atoms with E-state index < -0.39 is 64.1 Å². The highest BCUT2D eigenvalue weighted by Gasteiger charge is 2.76. The molecule has 1 heterocycles. The molecule has 0 spiro atoms. The number of fused-ring (bicyclic) bond motifs is 5. The highest BCUT2D eigenvalue weighted by atomic mass is 16.6. The van der Waals surface area contributed by atoms with E-state index >= 15 is 0 Å². The number of methoxy groups -OCH3 is 1. The summed E-state index contributed by atoms with van der Waals surface area (Å²) < 4.78 is 24.4. The highest BCUT2D eigenvalue weighted by molar-refractivity contribution is 5.92. The standard InChI is InChI=1S/C32H42O8/c1-17-14-23-31(16-38-23,40-20(4)33)25-27(39-28(35)21-12-10-9-11-13-21)32(36)15-22(37-8)18(2)24(29(32,5)6)19(3)26(34)30(17,25)7/h9-13,17,19,22-23,25,27,36H,14-16H2,1-8H3/t17-,19+,22-,23+,25-,27-,30+,31-,32+/m0/s1. The van der Waals surface area contributed by atoms with Crippen molar-refractivity contribution in [3.63, 3.8) is 0 Å². The van der Waals surface area contributed by atoms with Crippen LogP contribution in [-0.2, 0) is 28.5 Å². The fourth-order valence-corrected chi connectivity index (χ4v) is 8.70. The summed E-state index contributed by atoms with van der Waals surface area (Å²) in [4.78, 5) is 41.2. The monoisotopic (exact) mass is 554 g/mol. The van der Waals surface area contributed by atoms with E-state index in [4.69, 9.17) is 18.9 Å². The van der Waals surface area contributed by atoms with Gasteiger partial charge in [-0.25, -0.2) is 4.79 Å². The lowest BCUT2D eigenvalue weighted by Gasteiger charge is -2.68. The quantitative estimate of drug-likeness (QED) is 0.434. The Morgan fingerprint density at radius 1 is 1.10 bits per heavy atom. The van der Waals surface area contributed by atoms with Gasteiger partial charge in [-0.05, 0) is 42.5 Å². The lowest BCUT2D eigenvalue weighted by atomic mass is 9.42. The van der Waals surface area contributed by atoms with Crippen molar-refractivity contribution in [3.8, 4) is 0 Å². The minimum atomic E-state index is -1.67. The molecule has 0 amide bonds. The number of carbonyl (C=O) groups excluding carboxylic acids is 3. The van der Waals surface area contributed by atoms with Crippen LogP contribution in [0.25, 0.3) is 0 Å². The summed E-state index contributed by atoms with van der Waals surface area (Å²) in [7, 11) is 1.58. The highest BCUT2D eigenvalue weighted by Crippen LogP contribution is 2.66. The van der Waals surface area contributed by atoms with Gasteiger partial charge in [0.1, 0.15) is 23.6 Å². The maximum atomic E-state index is 14.8. The summed E-state index contributed by atoms with van der Waals surface area (Å²) in [5.74, 6) is -2.77. The number of benzene rings is 1. The molecule has 8 nitrogen and oxygen atoms in total. The van der Waals surface area contributed by atoms with Crippen LogP contribution in [0.4, 0.5) is 0 Å². The van der Waals surface area contributed by atoms with E-state index in [1.54, 1.807) is 37.4 Å². The van der Waals surface area contributed by atoms with Crippen LogP contribution >= 0.6 is 0 Å². The Kier molecular flexibility index (Phi) is 6.88. The summed E-state index contributed by atoms with van der Waals surface area (Å²) >= 11 is 0. The van der Waals surface area contributed by atoms with Crippen LogP contribution in [0.2, 0.25) is 0 Å². The average molecular weight is 555 g/mol. The lowest BCUT2D eigenvalue weighted by Crippen LogP contribution is -2.80. The number of aliphatic hydroxyl groups is 1. The smallest absolute Gasteiger partial charge is 0.338 e. The molecule has 1 aliphatic heterocycles. The zero-order valence-electron chi connectivity index (χ0n) is 24.8. The molecule has 4 aliphatic rings. The maximum absolute atomic E-state index is 14.8. The molecule has 1 aromatic carbocycles. The van der Waals surface area contributed by atoms with E-state index in [0.717, 1.165) is 11.1 Å². The number of ketones is 1. The molecule has 0 radical (unpaired) electrons. The van der Waals surface area contributed by atoms with Crippen molar-refractivity contribution in [2.24, 2.45) is 28.6 Å². The van der Waals surface area contributed by atoms with E-state index in [2.05, 4.69) is 0 Å². The Bertz CT molecular complexity index is 1250. The Morgan fingerprint density at radius 2 is 1.75 bits per heavy atom. The third kappa shape index (κ3) is 3.71. The van der Waals surface area contributed by atoms with Crippen molar-refractivity contribution in [1.29, 1.82) is 0 Å². The number of carbonyl (C=O) groups is 3. The summed E-state index contributed by atoms with van der Waals surface area (Å²) in [6.45, 7) is 13.0. The predicted octanol–water partition coefficient (Wildman–Crippen LogP) is 4.29. The number of rotatable bonds is 4. The molecule has 2 saturated carbocycles. The van der Waals surface area contributed by atoms with Crippen LogP contribution in [-0.4, -0.2) is 66.1 Å². The Hall–Kier alpha value is -2.55. The summed E-state index contributed by atoms with van der Waals surface area (Å²) in [6.07, 6.45) is -1.56. The summed E-state index contributed by atoms with van der Waals surface area (Å²) in [5, 5.41) is 13.0. The van der Waals surface area contributed by atoms with E-state index in [-0.39, 0.29) is 24.7 Å². The lowest BCUT2D eigenvalue weighted by molar-refractivity contribution is -0.340. The molecule has 5 rings (SSSR count). The average Bonchev–Trinajstić information content (AvgIpc) is 2.90. The number of hydrogen-bond acceptors (Lipinski definition) is 8. The molecule has 1 saturated heterocycles. The molecule has 1 aromatic rings. The van der Waals surface area contributed by atoms with Gasteiger partial charge >= 0.3 is 11.9 Å². The number of ether oxygens (including phenoxy) is 4. The zero-order chi connectivity index (χ0) is 29.4. The second-order valence-corrected chi connectivity index (χ2v) is 13.1. The van der Waals surface area contributed by atoms with Gasteiger partial charge in [-0.1, -0.05) is 52.8 Å². The first-order chi connectivity index (χ1) is 18.7. The topological polar surface area (TPSA) is 108 Å². The van der Waals surface area contributed by atoms with Gasteiger partial charge in [-0.2, -0.15) is 0 Å². The van der Waals surface area contributed by atoms with E-state index in [9.17, 15) is 19.5 Å². The van der Waals surface area contributed by atoms with Crippen LogP contribution in [0.5, 0.6) is 0 Å². The fourth-order valence-electron chi connectivity index (χ4n) is 8.70. The Morgan fingerprint density at radius 3 is 2.30 bits per heavy atom. The van der Waals surface area contributed by atoms with Crippen molar-refractivity contribution >= 4 is 17.7 Å². The predicted molar refractivity (Wildman–Crippen MR) is 146 cm³/mol. The first kappa shape index (κ1) is 29.0. The number of Topliss-reactive ketones (excluding diaryl/α,β-unsaturated/α-hetero) is 1. The van der Waals surface area contributed by atoms with Crippen molar-refractivity contribution < 1.29 is 38.4 Å². The van der Waals surface area contributed by atoms with Crippen LogP contribution in [0.15, 0.2) is 41.5 Å². The number of esters is 2. The molecule has 3 aliphatic carbocycles. The van der Waals surface area contributed by atoms with E-state index in [1.807, 2.05) is 41.5 Å². The van der Waals surface area contributed by atoms with Crippen molar-refractivity contribution in [3.05, 3.63) is 47.0 Å². The first-order valence-electron chi connectivity index (χ1n) is 14.2. The maximum Gasteiger partial charge on any atom is 0.338 e. The molecule has 40 heavy (non-hydrogen) atoms. The zero-order valence-corrected chi connectivity index (χ0v) is 24.8. The first-order valence-corrected chi connectivity index (χ1v) is 14.2. The Labute approximate surface area is 236 Å². The molecular weight excluding hydrogens is 512 g/mol. The molecule has 8 heteroatoms. The van der Waals surface area contributed by atoms with Crippen LogP contribution in [0.3, 0.4) is 0 Å². The van der Waals surface area contributed by atoms with Gasteiger partial charge in [0.2, 0.25) is 0 Å². The molecular formula is C32H42O8. The minimum absolute atomic E-state index is 0.0242. The number of hydrogen-bond donors (Lipinski definition) is 1. The summed E-state index contributed by atoms with van der Waals surface area (Å²) in [5.41, 5.74) is -2.96. The normalized spacial score (nSPS) is 42.0. The third-order valence-corrected chi connectivity index (χ3v) is 11.0. The second-order valence-electron chi connectivity index (χ2n) is 13.1. The van der Waals surface area contributed by atoms with E-state index in [1.165, 1.54) is 6.92 Å². The van der Waals surface area contributed by atoms with Crippen molar-refractivity contribution in [2.75, 3.05) is 13.7 Å². The molecule has 1 N–H and O–H groups in total. The van der Waals surface area contributed by atoms with Gasteiger partial charge < -0.3 is 24.1 Å². The largest absolute Gasteiger partial charge is 0.455 e. The van der Waals surface area contributed by atoms with Crippen molar-refractivity contribution in [1.82, 2.24) is 0 Å². The Balaban J connectivity index is 1.82. The second kappa shape index (κ2) is 9.50. The van der Waals surface area contributed by atoms with Gasteiger partial charge in [0.25, 0.3) is 0 Å². The molecule has 218 valence electrons. The summed E-state index contributed by atoms with van der Waals surface area (Å²) in [6, 6.07) is 8.60. The third-order valence-electron chi connectivity index (χ3n) is 11.0. The SMILES string of the molecule is CO[C@H]1C[C@@]2(O)[C@@H](OC(=O)c3ccccc3)[C@@H]3[C@]4(OC(C)=O)CO[C@@H]4C[C@H](C)[C@@]3(C)C(=O)[C@H](C)C(=C1C)C2(C)C. The van der Waals surface area contributed by atoms with Gasteiger partial charge in [-0.15, -0.1) is 0 Å². The van der Waals surface area contributed by atoms with Gasteiger partial charge in [0.05, 0.1) is 24.2 Å². The van der Waals surface area contributed by atoms with Crippen LogP contribution in [0, 0.1) is 28.6 Å². The van der Waals surface area contributed by atoms with Gasteiger partial charge in [0.15, 0.2) is 5.60 Å². The van der Waals surface area contributed by atoms with Crippen molar-refractivity contribution in [2.45, 2.75) is 90.8 Å². The fraction of sp³-hybridized carbons (Fsp3) is 0.656. The van der Waals surface area contributed by atoms with E-state index in [0.29, 0.717) is 12.0 Å². The molecule has 2 bridgehead atoms. The minimum Gasteiger partial charge on any atom is -0.455 e. The molecule has 3 fully saturated rings. The van der Waals surface area contributed by atoms with Gasteiger partial charge in [0, 0.05) is 37.2 Å².